The summed E-state index contributed by atoms with van der Waals surface area (Å²) in [6.45, 7) is 0.475. The standard InChI is InChI=1S/C11H16N2O3S/c12-10-6-9(4-5-11(10)14)17(15,16)13-7-8-2-1-3-8/h4-6,8,13-14H,1-3,7,12H2. The third kappa shape index (κ3) is 2.70. The highest BCUT2D eigenvalue weighted by molar-refractivity contribution is 7.89. The molecule has 0 spiro atoms. The molecule has 0 unspecified atom stereocenters. The maximum Gasteiger partial charge on any atom is 0.240 e. The Kier molecular flexibility index (Phi) is 3.26. The van der Waals surface area contributed by atoms with E-state index in [0.717, 1.165) is 12.8 Å². The van der Waals surface area contributed by atoms with Gasteiger partial charge in [-0.25, -0.2) is 13.1 Å². The van der Waals surface area contributed by atoms with Crippen molar-refractivity contribution >= 4 is 15.7 Å². The van der Waals surface area contributed by atoms with Gasteiger partial charge in [-0.05, 0) is 37.0 Å². The molecule has 0 heterocycles. The van der Waals surface area contributed by atoms with Gasteiger partial charge in [0.05, 0.1) is 10.6 Å². The lowest BCUT2D eigenvalue weighted by Gasteiger charge is -2.25. The number of benzene rings is 1. The van der Waals surface area contributed by atoms with Crippen LogP contribution in [0.4, 0.5) is 5.69 Å². The molecule has 6 heteroatoms. The van der Waals surface area contributed by atoms with Crippen LogP contribution >= 0.6 is 0 Å². The van der Waals surface area contributed by atoms with Gasteiger partial charge in [0.1, 0.15) is 5.75 Å². The van der Waals surface area contributed by atoms with Crippen molar-refractivity contribution in [3.63, 3.8) is 0 Å². The Morgan fingerprint density at radius 1 is 1.41 bits per heavy atom. The van der Waals surface area contributed by atoms with E-state index in [1.165, 1.54) is 24.6 Å². The molecule has 5 nitrogen and oxygen atoms in total. The summed E-state index contributed by atoms with van der Waals surface area (Å²) in [5.74, 6) is 0.349. The Morgan fingerprint density at radius 2 is 2.12 bits per heavy atom. The number of phenols is 1. The van der Waals surface area contributed by atoms with Crippen molar-refractivity contribution in [2.24, 2.45) is 5.92 Å². The minimum Gasteiger partial charge on any atom is -0.506 e. The highest BCUT2D eigenvalue weighted by atomic mass is 32.2. The summed E-state index contributed by atoms with van der Waals surface area (Å²) < 4.78 is 26.3. The number of anilines is 1. The number of hydrogen-bond acceptors (Lipinski definition) is 4. The fourth-order valence-corrected chi connectivity index (χ4v) is 2.86. The van der Waals surface area contributed by atoms with E-state index in [4.69, 9.17) is 5.73 Å². The average molecular weight is 256 g/mol. The highest BCUT2D eigenvalue weighted by Crippen LogP contribution is 2.26. The normalized spacial score (nSPS) is 16.7. The van der Waals surface area contributed by atoms with Crippen LogP contribution in [0.3, 0.4) is 0 Å². The van der Waals surface area contributed by atoms with E-state index in [2.05, 4.69) is 4.72 Å². The number of phenolic OH excluding ortho intramolecular Hbond substituents is 1. The first-order chi connectivity index (χ1) is 7.99. The second kappa shape index (κ2) is 4.54. The van der Waals surface area contributed by atoms with Gasteiger partial charge in [0.25, 0.3) is 0 Å². The second-order valence-corrected chi connectivity index (χ2v) is 6.14. The van der Waals surface area contributed by atoms with Gasteiger partial charge in [0.2, 0.25) is 10.0 Å². The maximum atomic E-state index is 11.9. The van der Waals surface area contributed by atoms with E-state index in [1.54, 1.807) is 0 Å². The Hall–Kier alpha value is -1.27. The van der Waals surface area contributed by atoms with Crippen LogP contribution in [0, 0.1) is 5.92 Å². The maximum absolute atomic E-state index is 11.9. The lowest BCUT2D eigenvalue weighted by molar-refractivity contribution is 0.316. The monoisotopic (exact) mass is 256 g/mol. The first-order valence-corrected chi connectivity index (χ1v) is 7.05. The summed E-state index contributed by atoms with van der Waals surface area (Å²) in [6, 6.07) is 3.89. The predicted octanol–water partition coefficient (Wildman–Crippen LogP) is 1.05. The zero-order valence-electron chi connectivity index (χ0n) is 9.39. The lowest BCUT2D eigenvalue weighted by atomic mass is 9.86. The zero-order chi connectivity index (χ0) is 12.5. The number of hydrogen-bond donors (Lipinski definition) is 3. The molecule has 1 aliphatic carbocycles. The molecule has 0 amide bonds. The number of nitrogen functional groups attached to an aromatic ring is 1. The van der Waals surface area contributed by atoms with Crippen LogP contribution in [0.5, 0.6) is 5.75 Å². The Bertz CT molecular complexity index is 509. The van der Waals surface area contributed by atoms with Gasteiger partial charge in [0, 0.05) is 6.54 Å². The molecule has 1 aromatic rings. The van der Waals surface area contributed by atoms with Crippen molar-refractivity contribution < 1.29 is 13.5 Å². The largest absolute Gasteiger partial charge is 0.506 e. The van der Waals surface area contributed by atoms with Crippen molar-refractivity contribution in [1.82, 2.24) is 4.72 Å². The average Bonchev–Trinajstić information content (AvgIpc) is 2.19. The zero-order valence-corrected chi connectivity index (χ0v) is 10.2. The van der Waals surface area contributed by atoms with Crippen LogP contribution in [0.15, 0.2) is 23.1 Å². The molecule has 17 heavy (non-hydrogen) atoms. The van der Waals surface area contributed by atoms with Crippen LogP contribution < -0.4 is 10.5 Å². The summed E-state index contributed by atoms with van der Waals surface area (Å²) >= 11 is 0. The first kappa shape index (κ1) is 12.2. The number of nitrogens with one attached hydrogen (secondary N) is 1. The van der Waals surface area contributed by atoms with E-state index in [1.807, 2.05) is 0 Å². The van der Waals surface area contributed by atoms with Crippen LogP contribution in [-0.4, -0.2) is 20.1 Å². The van der Waals surface area contributed by atoms with E-state index in [0.29, 0.717) is 12.5 Å². The van der Waals surface area contributed by atoms with Crippen molar-refractivity contribution in [1.29, 1.82) is 0 Å². The number of sulfonamides is 1. The van der Waals surface area contributed by atoms with Crippen LogP contribution in [-0.2, 0) is 10.0 Å². The summed E-state index contributed by atoms with van der Waals surface area (Å²) in [7, 11) is -3.51. The molecule has 4 N–H and O–H groups in total. The molecule has 0 atom stereocenters. The predicted molar refractivity (Wildman–Crippen MR) is 65.0 cm³/mol. The third-order valence-corrected chi connectivity index (χ3v) is 4.52. The quantitative estimate of drug-likeness (QED) is 0.554. The molecular formula is C11H16N2O3S. The van der Waals surface area contributed by atoms with Gasteiger partial charge in [-0.1, -0.05) is 6.42 Å². The van der Waals surface area contributed by atoms with Crippen molar-refractivity contribution in [2.75, 3.05) is 12.3 Å². The number of nitrogens with two attached hydrogens (primary N) is 1. The SMILES string of the molecule is Nc1cc(S(=O)(=O)NCC2CCC2)ccc1O. The molecule has 94 valence electrons. The van der Waals surface area contributed by atoms with E-state index < -0.39 is 10.0 Å². The fourth-order valence-electron chi connectivity index (χ4n) is 1.71. The molecule has 1 saturated carbocycles. The minimum absolute atomic E-state index is 0.0662. The molecule has 1 aliphatic rings. The number of rotatable bonds is 4. The van der Waals surface area contributed by atoms with Gasteiger partial charge < -0.3 is 10.8 Å². The smallest absolute Gasteiger partial charge is 0.240 e. The minimum atomic E-state index is -3.51. The Labute approximate surface area is 101 Å². The van der Waals surface area contributed by atoms with E-state index in [-0.39, 0.29) is 16.3 Å². The highest BCUT2D eigenvalue weighted by Gasteiger charge is 2.21. The molecule has 2 rings (SSSR count). The first-order valence-electron chi connectivity index (χ1n) is 5.57. The van der Waals surface area contributed by atoms with Crippen LogP contribution in [0.1, 0.15) is 19.3 Å². The van der Waals surface area contributed by atoms with E-state index >= 15 is 0 Å². The van der Waals surface area contributed by atoms with Gasteiger partial charge in [0.15, 0.2) is 0 Å². The van der Waals surface area contributed by atoms with Crippen LogP contribution in [0.25, 0.3) is 0 Å². The second-order valence-electron chi connectivity index (χ2n) is 4.37. The lowest BCUT2D eigenvalue weighted by Crippen LogP contribution is -2.32. The topological polar surface area (TPSA) is 92.4 Å². The number of aromatic hydroxyl groups is 1. The summed E-state index contributed by atoms with van der Waals surface area (Å²) in [5.41, 5.74) is 5.53. The van der Waals surface area contributed by atoms with Gasteiger partial charge in [-0.3, -0.25) is 0 Å². The van der Waals surface area contributed by atoms with Crippen molar-refractivity contribution in [2.45, 2.75) is 24.2 Å². The van der Waals surface area contributed by atoms with Crippen molar-refractivity contribution in [3.05, 3.63) is 18.2 Å². The molecule has 1 aromatic carbocycles. The molecule has 0 aromatic heterocycles. The molecule has 1 fully saturated rings. The van der Waals surface area contributed by atoms with Crippen LogP contribution in [0.2, 0.25) is 0 Å². The molecule has 0 aliphatic heterocycles. The summed E-state index contributed by atoms with van der Waals surface area (Å²) in [4.78, 5) is 0.0899. The summed E-state index contributed by atoms with van der Waals surface area (Å²) in [5, 5.41) is 9.23. The molecule has 0 radical (unpaired) electrons. The Balaban J connectivity index is 2.10. The Morgan fingerprint density at radius 3 is 2.65 bits per heavy atom. The van der Waals surface area contributed by atoms with Gasteiger partial charge in [-0.15, -0.1) is 0 Å². The third-order valence-electron chi connectivity index (χ3n) is 3.10. The van der Waals surface area contributed by atoms with Crippen molar-refractivity contribution in [3.8, 4) is 5.75 Å². The summed E-state index contributed by atoms with van der Waals surface area (Å²) in [6.07, 6.45) is 3.35. The molecular weight excluding hydrogens is 240 g/mol. The fraction of sp³-hybridized carbons (Fsp3) is 0.455. The molecule has 0 saturated heterocycles. The van der Waals surface area contributed by atoms with E-state index in [9.17, 15) is 13.5 Å². The van der Waals surface area contributed by atoms with Gasteiger partial charge in [-0.2, -0.15) is 0 Å². The van der Waals surface area contributed by atoms with Gasteiger partial charge >= 0.3 is 0 Å². The molecule has 0 bridgehead atoms.